The van der Waals surface area contributed by atoms with Gasteiger partial charge in [-0.05, 0) is 29.7 Å². The van der Waals surface area contributed by atoms with Gasteiger partial charge in [-0.1, -0.05) is 30.3 Å². The minimum atomic E-state index is 0.0613. The summed E-state index contributed by atoms with van der Waals surface area (Å²) in [6.07, 6.45) is 2.37. The number of carbonyl (C=O) groups excluding carboxylic acids is 1. The maximum atomic E-state index is 12.4. The molecule has 0 bridgehead atoms. The monoisotopic (exact) mass is 243 g/mol. The van der Waals surface area contributed by atoms with E-state index in [1.165, 1.54) is 24.2 Å². The maximum Gasteiger partial charge on any atom is 0.196 e. The number of rotatable bonds is 3. The summed E-state index contributed by atoms with van der Waals surface area (Å²) in [5.41, 5.74) is 8.56. The first-order valence-corrected chi connectivity index (χ1v) is 6.62. The zero-order valence-electron chi connectivity index (χ0n) is 9.35. The van der Waals surface area contributed by atoms with Crippen LogP contribution in [0.2, 0.25) is 0 Å². The molecule has 3 heteroatoms. The molecule has 1 aliphatic rings. The van der Waals surface area contributed by atoms with Gasteiger partial charge in [-0.15, -0.1) is 11.3 Å². The molecule has 2 N–H and O–H groups in total. The number of thiophene rings is 1. The van der Waals surface area contributed by atoms with Gasteiger partial charge in [0.2, 0.25) is 0 Å². The first-order valence-electron chi connectivity index (χ1n) is 5.74. The van der Waals surface area contributed by atoms with E-state index in [0.717, 1.165) is 16.7 Å². The molecule has 0 spiro atoms. The summed E-state index contributed by atoms with van der Waals surface area (Å²) in [7, 11) is 0. The number of carbonyl (C=O) groups is 1. The van der Waals surface area contributed by atoms with Crippen LogP contribution in [0.25, 0.3) is 0 Å². The molecule has 1 saturated carbocycles. The van der Waals surface area contributed by atoms with Crippen molar-refractivity contribution in [1.29, 1.82) is 0 Å². The second kappa shape index (κ2) is 4.00. The molecule has 17 heavy (non-hydrogen) atoms. The van der Waals surface area contributed by atoms with Gasteiger partial charge in [0.25, 0.3) is 0 Å². The van der Waals surface area contributed by atoms with Crippen LogP contribution in [0.3, 0.4) is 0 Å². The molecule has 0 atom stereocenters. The number of hydrogen-bond donors (Lipinski definition) is 1. The third-order valence-corrected chi connectivity index (χ3v) is 3.96. The Kier molecular flexibility index (Phi) is 2.48. The van der Waals surface area contributed by atoms with Crippen molar-refractivity contribution in [2.45, 2.75) is 18.8 Å². The number of nitrogen functional groups attached to an aromatic ring is 1. The highest BCUT2D eigenvalue weighted by Crippen LogP contribution is 2.45. The van der Waals surface area contributed by atoms with Crippen LogP contribution in [-0.2, 0) is 0 Å². The summed E-state index contributed by atoms with van der Waals surface area (Å²) in [4.78, 5) is 12.4. The third kappa shape index (κ3) is 1.87. The molecule has 1 aromatic heterocycles. The third-order valence-electron chi connectivity index (χ3n) is 3.13. The van der Waals surface area contributed by atoms with E-state index in [4.69, 9.17) is 5.73 Å². The Morgan fingerprint density at radius 3 is 2.59 bits per heavy atom. The second-order valence-electron chi connectivity index (χ2n) is 4.40. The van der Waals surface area contributed by atoms with Crippen LogP contribution in [0.5, 0.6) is 0 Å². The largest absolute Gasteiger partial charge is 0.390 e. The number of anilines is 1. The van der Waals surface area contributed by atoms with Crippen molar-refractivity contribution in [2.75, 3.05) is 5.73 Å². The fraction of sp³-hybridized carbons (Fsp3) is 0.214. The van der Waals surface area contributed by atoms with Gasteiger partial charge in [0.05, 0.1) is 10.6 Å². The predicted octanol–water partition coefficient (Wildman–Crippen LogP) is 3.44. The van der Waals surface area contributed by atoms with E-state index in [2.05, 4.69) is 0 Å². The van der Waals surface area contributed by atoms with Crippen molar-refractivity contribution in [3.8, 4) is 0 Å². The fourth-order valence-corrected chi connectivity index (χ4v) is 2.95. The normalized spacial score (nSPS) is 14.8. The molecule has 86 valence electrons. The first-order chi connectivity index (χ1) is 8.27. The van der Waals surface area contributed by atoms with Crippen LogP contribution >= 0.6 is 11.3 Å². The van der Waals surface area contributed by atoms with E-state index in [1.807, 2.05) is 35.7 Å². The van der Waals surface area contributed by atoms with E-state index in [-0.39, 0.29) is 5.78 Å². The number of hydrogen-bond acceptors (Lipinski definition) is 3. The molecule has 3 rings (SSSR count). The van der Waals surface area contributed by atoms with Crippen LogP contribution in [0, 0.1) is 0 Å². The van der Waals surface area contributed by atoms with E-state index >= 15 is 0 Å². The smallest absolute Gasteiger partial charge is 0.196 e. The van der Waals surface area contributed by atoms with Crippen molar-refractivity contribution in [1.82, 2.24) is 0 Å². The molecule has 1 aliphatic carbocycles. The topological polar surface area (TPSA) is 43.1 Å². The molecule has 1 heterocycles. The lowest BCUT2D eigenvalue weighted by Gasteiger charge is -2.03. The van der Waals surface area contributed by atoms with Crippen LogP contribution < -0.4 is 5.73 Å². The van der Waals surface area contributed by atoms with Gasteiger partial charge in [-0.3, -0.25) is 4.79 Å². The second-order valence-corrected chi connectivity index (χ2v) is 5.31. The van der Waals surface area contributed by atoms with Crippen molar-refractivity contribution >= 4 is 22.1 Å². The highest BCUT2D eigenvalue weighted by atomic mass is 32.1. The molecule has 0 aliphatic heterocycles. The van der Waals surface area contributed by atoms with E-state index in [9.17, 15) is 4.79 Å². The Bertz CT molecular complexity index is 555. The lowest BCUT2D eigenvalue weighted by molar-refractivity contribution is 0.103. The molecular formula is C14H13NOS. The fourth-order valence-electron chi connectivity index (χ4n) is 2.06. The minimum Gasteiger partial charge on any atom is -0.390 e. The summed E-state index contributed by atoms with van der Waals surface area (Å²) >= 11 is 1.48. The highest BCUT2D eigenvalue weighted by Gasteiger charge is 2.30. The lowest BCUT2D eigenvalue weighted by atomic mass is 9.99. The molecule has 0 radical (unpaired) electrons. The van der Waals surface area contributed by atoms with Gasteiger partial charge >= 0.3 is 0 Å². The zero-order valence-corrected chi connectivity index (χ0v) is 10.2. The van der Waals surface area contributed by atoms with Crippen molar-refractivity contribution in [3.63, 3.8) is 0 Å². The Balaban J connectivity index is 2.04. The van der Waals surface area contributed by atoms with Gasteiger partial charge in [-0.25, -0.2) is 0 Å². The molecule has 0 amide bonds. The molecule has 1 aromatic carbocycles. The number of ketones is 1. The summed E-state index contributed by atoms with van der Waals surface area (Å²) in [5.74, 6) is 0.623. The molecule has 0 saturated heterocycles. The van der Waals surface area contributed by atoms with Gasteiger partial charge < -0.3 is 5.73 Å². The van der Waals surface area contributed by atoms with Gasteiger partial charge in [0, 0.05) is 5.56 Å². The first kappa shape index (κ1) is 10.5. The number of nitrogens with two attached hydrogens (primary N) is 1. The Morgan fingerprint density at radius 1 is 1.24 bits per heavy atom. The van der Waals surface area contributed by atoms with E-state index in [0.29, 0.717) is 10.9 Å². The summed E-state index contributed by atoms with van der Waals surface area (Å²) in [5, 5.41) is 2.70. The van der Waals surface area contributed by atoms with Crippen LogP contribution in [0.4, 0.5) is 5.00 Å². The summed E-state index contributed by atoms with van der Waals surface area (Å²) in [6, 6.07) is 9.36. The van der Waals surface area contributed by atoms with E-state index < -0.39 is 0 Å². The molecular weight excluding hydrogens is 230 g/mol. The minimum absolute atomic E-state index is 0.0613. The lowest BCUT2D eigenvalue weighted by Crippen LogP contribution is -2.05. The average molecular weight is 243 g/mol. The standard InChI is InChI=1S/C14H13NOS/c15-14-12(11(8-17-14)9-6-7-9)13(16)10-4-2-1-3-5-10/h1-5,8-9H,6-7,15H2. The Morgan fingerprint density at radius 2 is 1.94 bits per heavy atom. The summed E-state index contributed by atoms with van der Waals surface area (Å²) in [6.45, 7) is 0. The van der Waals surface area contributed by atoms with Gasteiger partial charge in [-0.2, -0.15) is 0 Å². The Labute approximate surface area is 104 Å². The highest BCUT2D eigenvalue weighted by molar-refractivity contribution is 7.14. The maximum absolute atomic E-state index is 12.4. The number of benzene rings is 1. The molecule has 2 nitrogen and oxygen atoms in total. The quantitative estimate of drug-likeness (QED) is 0.839. The SMILES string of the molecule is Nc1scc(C2CC2)c1C(=O)c1ccccc1. The van der Waals surface area contributed by atoms with Crippen LogP contribution in [-0.4, -0.2) is 5.78 Å². The molecule has 0 unspecified atom stereocenters. The van der Waals surface area contributed by atoms with E-state index in [1.54, 1.807) is 0 Å². The summed E-state index contributed by atoms with van der Waals surface area (Å²) < 4.78 is 0. The predicted molar refractivity (Wildman–Crippen MR) is 70.6 cm³/mol. The van der Waals surface area contributed by atoms with Crippen molar-refractivity contribution in [3.05, 3.63) is 52.4 Å². The molecule has 2 aromatic rings. The Hall–Kier alpha value is -1.61. The van der Waals surface area contributed by atoms with Crippen molar-refractivity contribution in [2.24, 2.45) is 0 Å². The van der Waals surface area contributed by atoms with Gasteiger partial charge in [0.15, 0.2) is 5.78 Å². The molecule has 1 fully saturated rings. The zero-order chi connectivity index (χ0) is 11.8. The van der Waals surface area contributed by atoms with Crippen LogP contribution in [0.1, 0.15) is 40.2 Å². The average Bonchev–Trinajstić information content (AvgIpc) is 3.13. The van der Waals surface area contributed by atoms with Crippen molar-refractivity contribution < 1.29 is 4.79 Å². The van der Waals surface area contributed by atoms with Crippen LogP contribution in [0.15, 0.2) is 35.7 Å². The van der Waals surface area contributed by atoms with Gasteiger partial charge in [0.1, 0.15) is 0 Å².